The molecule has 1 nitrogen and oxygen atoms in total. The number of benzene rings is 1. The molecule has 0 aliphatic rings. The lowest BCUT2D eigenvalue weighted by molar-refractivity contribution is 0.636. The largest absolute Gasteiger partial charge is 0.439 e. The van der Waals surface area contributed by atoms with Crippen molar-refractivity contribution in [2.45, 2.75) is 0 Å². The van der Waals surface area contributed by atoms with Crippen molar-refractivity contribution in [3.05, 3.63) is 29.3 Å². The van der Waals surface area contributed by atoms with Gasteiger partial charge in [0.25, 0.3) is 4.97 Å². The topological polar surface area (TPSA) is 9.23 Å². The van der Waals surface area contributed by atoms with Crippen LogP contribution in [0.3, 0.4) is 0 Å². The molecule has 0 bridgehead atoms. The van der Waals surface area contributed by atoms with Gasteiger partial charge in [-0.1, -0.05) is 23.7 Å². The molecule has 6 heteroatoms. The number of hydrogen-bond acceptors (Lipinski definition) is 2. The molecule has 1 aromatic carbocycles. The minimum absolute atomic E-state index is 0.424. The van der Waals surface area contributed by atoms with Crippen LogP contribution < -0.4 is 4.52 Å². The van der Waals surface area contributed by atoms with E-state index in [1.54, 1.807) is 24.3 Å². The Hall–Kier alpha value is 0.540. The Bertz CT molecular complexity index is 324. The molecule has 0 spiro atoms. The lowest BCUT2D eigenvalue weighted by atomic mass is 10.3. The molecule has 0 atom stereocenters. The van der Waals surface area contributed by atoms with Crippen LogP contribution in [0.25, 0.3) is 0 Å². The van der Waals surface area contributed by atoms with E-state index in [0.29, 0.717) is 10.8 Å². The van der Waals surface area contributed by atoms with Gasteiger partial charge < -0.3 is 4.52 Å². The SMILES string of the molecule is S=P(Cl)(Cl)Oc1ccccc1Cl. The highest BCUT2D eigenvalue weighted by atomic mass is 35.9. The maximum Gasteiger partial charge on any atom is 0.289 e. The van der Waals surface area contributed by atoms with Gasteiger partial charge in [-0.05, 0) is 46.4 Å². The van der Waals surface area contributed by atoms with E-state index in [-0.39, 0.29) is 0 Å². The molecule has 12 heavy (non-hydrogen) atoms. The lowest BCUT2D eigenvalue weighted by Crippen LogP contribution is -1.81. The maximum atomic E-state index is 5.76. The summed E-state index contributed by atoms with van der Waals surface area (Å²) in [6, 6.07) is 6.88. The molecular weight excluding hydrogens is 257 g/mol. The monoisotopic (exact) mass is 260 g/mol. The third-order valence-corrected chi connectivity index (χ3v) is 2.40. The Morgan fingerprint density at radius 1 is 1.25 bits per heavy atom. The highest BCUT2D eigenvalue weighted by Gasteiger charge is 2.12. The molecule has 0 aliphatic heterocycles. The molecule has 0 heterocycles. The minimum atomic E-state index is -2.72. The summed E-state index contributed by atoms with van der Waals surface area (Å²) in [5.41, 5.74) is 0. The van der Waals surface area contributed by atoms with Crippen molar-refractivity contribution in [1.29, 1.82) is 0 Å². The fourth-order valence-corrected chi connectivity index (χ4v) is 1.94. The van der Waals surface area contributed by atoms with E-state index in [2.05, 4.69) is 11.8 Å². The van der Waals surface area contributed by atoms with Crippen LogP contribution in [0.15, 0.2) is 24.3 Å². The zero-order chi connectivity index (χ0) is 9.19. The van der Waals surface area contributed by atoms with Crippen molar-refractivity contribution in [3.8, 4) is 5.75 Å². The van der Waals surface area contributed by atoms with Gasteiger partial charge >= 0.3 is 0 Å². The fraction of sp³-hybridized carbons (Fsp3) is 0. The molecule has 0 radical (unpaired) electrons. The molecule has 1 aromatic rings. The van der Waals surface area contributed by atoms with Gasteiger partial charge in [0.05, 0.1) is 5.02 Å². The first-order valence-corrected chi connectivity index (χ1v) is 7.83. The van der Waals surface area contributed by atoms with Gasteiger partial charge in [0, 0.05) is 0 Å². The highest BCUT2D eigenvalue weighted by Crippen LogP contribution is 2.58. The number of halogens is 3. The predicted octanol–water partition coefficient (Wildman–Crippen LogP) is 4.42. The summed E-state index contributed by atoms with van der Waals surface area (Å²) in [5, 5.41) is 0.452. The third kappa shape index (κ3) is 3.51. The van der Waals surface area contributed by atoms with Gasteiger partial charge in [0.2, 0.25) is 0 Å². The van der Waals surface area contributed by atoms with Crippen molar-refractivity contribution >= 4 is 50.9 Å². The summed E-state index contributed by atoms with van der Waals surface area (Å²) in [6.07, 6.45) is 0. The second kappa shape index (κ2) is 4.17. The Balaban J connectivity index is 2.90. The van der Waals surface area contributed by atoms with Crippen LogP contribution in [0.4, 0.5) is 0 Å². The van der Waals surface area contributed by atoms with Crippen LogP contribution in [-0.2, 0) is 11.8 Å². The van der Waals surface area contributed by atoms with E-state index in [1.807, 2.05) is 0 Å². The average Bonchev–Trinajstić information content (AvgIpc) is 1.91. The van der Waals surface area contributed by atoms with Crippen molar-refractivity contribution in [2.75, 3.05) is 0 Å². The Morgan fingerprint density at radius 2 is 1.83 bits per heavy atom. The first-order valence-electron chi connectivity index (χ1n) is 2.92. The summed E-state index contributed by atoms with van der Waals surface area (Å²) in [4.78, 5) is -2.72. The molecular formula is C6H4Cl3OPS. The quantitative estimate of drug-likeness (QED) is 0.729. The van der Waals surface area contributed by atoms with E-state index in [1.165, 1.54) is 0 Å². The lowest BCUT2D eigenvalue weighted by Gasteiger charge is -2.09. The molecule has 66 valence electrons. The summed E-state index contributed by atoms with van der Waals surface area (Å²) in [7, 11) is 0. The predicted molar refractivity (Wildman–Crippen MR) is 58.1 cm³/mol. The van der Waals surface area contributed by atoms with Crippen molar-refractivity contribution < 1.29 is 4.52 Å². The van der Waals surface area contributed by atoms with E-state index in [4.69, 9.17) is 38.6 Å². The maximum absolute atomic E-state index is 5.76. The third-order valence-electron chi connectivity index (χ3n) is 1.04. The molecule has 0 aliphatic carbocycles. The molecule has 0 saturated carbocycles. The first kappa shape index (κ1) is 10.6. The highest BCUT2D eigenvalue weighted by molar-refractivity contribution is 8.36. The number of para-hydroxylation sites is 1. The van der Waals surface area contributed by atoms with E-state index in [0.717, 1.165) is 0 Å². The van der Waals surface area contributed by atoms with Gasteiger partial charge in [0.1, 0.15) is 5.75 Å². The molecule has 0 saturated heterocycles. The zero-order valence-corrected chi connectivity index (χ0v) is 9.69. The van der Waals surface area contributed by atoms with Crippen LogP contribution in [0.5, 0.6) is 5.75 Å². The van der Waals surface area contributed by atoms with Gasteiger partial charge in [0.15, 0.2) is 0 Å². The molecule has 1 rings (SSSR count). The van der Waals surface area contributed by atoms with E-state index in [9.17, 15) is 0 Å². The van der Waals surface area contributed by atoms with Crippen molar-refractivity contribution in [2.24, 2.45) is 0 Å². The van der Waals surface area contributed by atoms with Gasteiger partial charge in [-0.15, -0.1) is 0 Å². The average molecular weight is 261 g/mol. The number of rotatable bonds is 2. The molecule has 0 amide bonds. The smallest absolute Gasteiger partial charge is 0.289 e. The summed E-state index contributed by atoms with van der Waals surface area (Å²) >= 11 is 21.5. The molecule has 0 aromatic heterocycles. The van der Waals surface area contributed by atoms with Crippen LogP contribution in [0.1, 0.15) is 0 Å². The summed E-state index contributed by atoms with van der Waals surface area (Å²) in [5.74, 6) is 0.424. The second-order valence-electron chi connectivity index (χ2n) is 1.94. The molecule has 0 unspecified atom stereocenters. The van der Waals surface area contributed by atoms with Crippen LogP contribution in [0, 0.1) is 0 Å². The van der Waals surface area contributed by atoms with E-state index >= 15 is 0 Å². The first-order chi connectivity index (χ1) is 5.49. The fourth-order valence-electron chi connectivity index (χ4n) is 0.633. The minimum Gasteiger partial charge on any atom is -0.439 e. The van der Waals surface area contributed by atoms with Gasteiger partial charge in [-0.2, -0.15) is 0 Å². The van der Waals surface area contributed by atoms with E-state index < -0.39 is 4.97 Å². The van der Waals surface area contributed by atoms with Crippen molar-refractivity contribution in [1.82, 2.24) is 0 Å². The number of hydrogen-bond donors (Lipinski definition) is 0. The summed E-state index contributed by atoms with van der Waals surface area (Å²) < 4.78 is 5.06. The Kier molecular flexibility index (Phi) is 3.69. The second-order valence-corrected chi connectivity index (χ2v) is 9.48. The zero-order valence-electron chi connectivity index (χ0n) is 5.71. The molecule has 0 N–H and O–H groups in total. The van der Waals surface area contributed by atoms with Crippen LogP contribution in [-0.4, -0.2) is 0 Å². The molecule has 0 fully saturated rings. The van der Waals surface area contributed by atoms with Crippen LogP contribution >= 0.6 is 39.1 Å². The standard InChI is InChI=1S/C6H4Cl3OPS/c7-5-3-1-2-4-6(5)10-11(8,9)12/h1-4H. The Morgan fingerprint density at radius 3 is 2.33 bits per heavy atom. The van der Waals surface area contributed by atoms with Gasteiger partial charge in [-0.3, -0.25) is 0 Å². The normalized spacial score (nSPS) is 11.2. The van der Waals surface area contributed by atoms with Crippen LogP contribution in [0.2, 0.25) is 5.02 Å². The summed E-state index contributed by atoms with van der Waals surface area (Å²) in [6.45, 7) is 0. The van der Waals surface area contributed by atoms with Gasteiger partial charge in [-0.25, -0.2) is 0 Å². The van der Waals surface area contributed by atoms with Crippen molar-refractivity contribution in [3.63, 3.8) is 0 Å². The Labute approximate surface area is 90.2 Å².